The van der Waals surface area contributed by atoms with Gasteiger partial charge in [0.1, 0.15) is 23.1 Å². The maximum Gasteiger partial charge on any atom is 0.228 e. The van der Waals surface area contributed by atoms with Gasteiger partial charge in [-0.3, -0.25) is 4.68 Å². The Bertz CT molecular complexity index is 1350. The Kier molecular flexibility index (Phi) is 5.56. The van der Waals surface area contributed by atoms with Crippen LogP contribution in [0.4, 0.5) is 21.8 Å². The van der Waals surface area contributed by atoms with Crippen molar-refractivity contribution in [1.82, 2.24) is 19.7 Å². The zero-order valence-electron chi connectivity index (χ0n) is 19.3. The Morgan fingerprint density at radius 1 is 0.912 bits per heavy atom. The van der Waals surface area contributed by atoms with Gasteiger partial charge in [0.15, 0.2) is 5.65 Å². The van der Waals surface area contributed by atoms with Crippen molar-refractivity contribution in [2.45, 2.75) is 0 Å². The van der Waals surface area contributed by atoms with E-state index in [9.17, 15) is 0 Å². The van der Waals surface area contributed by atoms with Crippen LogP contribution in [0.15, 0.2) is 42.5 Å². The van der Waals surface area contributed by atoms with Crippen LogP contribution in [-0.2, 0) is 7.05 Å². The number of hydrogen-bond donors (Lipinski definition) is 1. The van der Waals surface area contributed by atoms with Crippen molar-refractivity contribution in [2.24, 2.45) is 7.05 Å². The topological polar surface area (TPSA) is 94.6 Å². The first kappa shape index (κ1) is 21.7. The number of aryl methyl sites for hydroxylation is 1. The number of piperazine rings is 1. The monoisotopic (exact) mass is 463 g/mol. The van der Waals surface area contributed by atoms with Crippen LogP contribution in [0.5, 0.6) is 11.5 Å². The molecule has 10 heteroatoms. The van der Waals surface area contributed by atoms with Gasteiger partial charge >= 0.3 is 0 Å². The lowest BCUT2D eigenvalue weighted by Gasteiger charge is -2.36. The van der Waals surface area contributed by atoms with Gasteiger partial charge in [0, 0.05) is 56.6 Å². The van der Waals surface area contributed by atoms with Crippen LogP contribution >= 0.6 is 0 Å². The predicted molar refractivity (Wildman–Crippen MR) is 130 cm³/mol. The van der Waals surface area contributed by atoms with Crippen molar-refractivity contribution in [3.8, 4) is 22.8 Å². The van der Waals surface area contributed by atoms with Crippen molar-refractivity contribution in [3.63, 3.8) is 0 Å². The Morgan fingerprint density at radius 2 is 1.62 bits per heavy atom. The molecule has 0 amide bonds. The van der Waals surface area contributed by atoms with E-state index in [1.165, 1.54) is 17.9 Å². The fraction of sp³-hybridized carbons (Fsp3) is 0.292. The van der Waals surface area contributed by atoms with Gasteiger partial charge in [0.2, 0.25) is 5.95 Å². The molecule has 3 heterocycles. The van der Waals surface area contributed by atoms with Gasteiger partial charge in [-0.1, -0.05) is 6.07 Å². The van der Waals surface area contributed by atoms with Crippen LogP contribution in [-0.4, -0.2) is 60.1 Å². The Hall–Kier alpha value is -4.08. The van der Waals surface area contributed by atoms with Crippen LogP contribution in [0, 0.1) is 5.82 Å². The number of nitrogens with zero attached hydrogens (tertiary/aromatic N) is 6. The van der Waals surface area contributed by atoms with Gasteiger partial charge in [-0.15, -0.1) is 0 Å². The quantitative estimate of drug-likeness (QED) is 0.483. The van der Waals surface area contributed by atoms with Crippen LogP contribution < -0.4 is 25.0 Å². The fourth-order valence-electron chi connectivity index (χ4n) is 4.23. The molecule has 0 aliphatic carbocycles. The number of benzene rings is 2. The highest BCUT2D eigenvalue weighted by Crippen LogP contribution is 2.34. The summed E-state index contributed by atoms with van der Waals surface area (Å²) in [5.41, 5.74) is 8.54. The number of methoxy groups -OCH3 is 2. The Morgan fingerprint density at radius 3 is 2.32 bits per heavy atom. The van der Waals surface area contributed by atoms with E-state index in [1.54, 1.807) is 26.3 Å². The molecule has 34 heavy (non-hydrogen) atoms. The molecule has 0 bridgehead atoms. The molecule has 9 nitrogen and oxygen atoms in total. The summed E-state index contributed by atoms with van der Waals surface area (Å²) in [5, 5.41) is 4.97. The van der Waals surface area contributed by atoms with E-state index in [4.69, 9.17) is 20.2 Å². The summed E-state index contributed by atoms with van der Waals surface area (Å²) in [6, 6.07) is 12.7. The SMILES string of the molecule is COc1cccc(N2CCN(c3nc(-c4ccc(OC)cc4F)c4c(N)n(C)nc4n3)CC2)c1. The normalized spacial score (nSPS) is 14.0. The van der Waals surface area contributed by atoms with Crippen molar-refractivity contribution in [2.75, 3.05) is 55.9 Å². The summed E-state index contributed by atoms with van der Waals surface area (Å²) < 4.78 is 27.1. The van der Waals surface area contributed by atoms with E-state index in [0.29, 0.717) is 52.9 Å². The lowest BCUT2D eigenvalue weighted by atomic mass is 10.1. The number of fused-ring (bicyclic) bond motifs is 1. The number of nitrogen functional groups attached to an aromatic ring is 1. The third kappa shape index (κ3) is 3.81. The maximum atomic E-state index is 15.0. The van der Waals surface area contributed by atoms with Gasteiger partial charge in [0.25, 0.3) is 0 Å². The Balaban J connectivity index is 1.49. The highest BCUT2D eigenvalue weighted by atomic mass is 19.1. The van der Waals surface area contributed by atoms with Crippen LogP contribution in [0.2, 0.25) is 0 Å². The Labute approximate surface area is 196 Å². The summed E-state index contributed by atoms with van der Waals surface area (Å²) >= 11 is 0. The summed E-state index contributed by atoms with van der Waals surface area (Å²) in [7, 11) is 4.90. The van der Waals surface area contributed by atoms with Gasteiger partial charge in [-0.05, 0) is 24.3 Å². The minimum Gasteiger partial charge on any atom is -0.497 e. The highest BCUT2D eigenvalue weighted by Gasteiger charge is 2.24. The molecule has 0 saturated carbocycles. The molecule has 0 spiro atoms. The molecule has 2 aromatic carbocycles. The molecule has 5 rings (SSSR count). The fourth-order valence-corrected chi connectivity index (χ4v) is 4.23. The average Bonchev–Trinajstić information content (AvgIpc) is 3.16. The van der Waals surface area contributed by atoms with E-state index >= 15 is 4.39 Å². The number of hydrogen-bond acceptors (Lipinski definition) is 8. The molecule has 0 radical (unpaired) electrons. The molecule has 4 aromatic rings. The number of halogens is 1. The van der Waals surface area contributed by atoms with Crippen LogP contribution in [0.3, 0.4) is 0 Å². The number of nitrogens with two attached hydrogens (primary N) is 1. The smallest absolute Gasteiger partial charge is 0.228 e. The molecule has 0 atom stereocenters. The molecule has 0 unspecified atom stereocenters. The van der Waals surface area contributed by atoms with Gasteiger partial charge in [-0.25, -0.2) is 9.37 Å². The lowest BCUT2D eigenvalue weighted by Crippen LogP contribution is -2.47. The van der Waals surface area contributed by atoms with E-state index < -0.39 is 5.82 Å². The highest BCUT2D eigenvalue weighted by molar-refractivity contribution is 5.99. The van der Waals surface area contributed by atoms with E-state index in [2.05, 4.69) is 25.9 Å². The molecular formula is C24H26FN7O2. The first-order valence-electron chi connectivity index (χ1n) is 11.0. The lowest BCUT2D eigenvalue weighted by molar-refractivity contribution is 0.411. The second kappa shape index (κ2) is 8.69. The van der Waals surface area contributed by atoms with Crippen molar-refractivity contribution >= 4 is 28.5 Å². The minimum atomic E-state index is -0.448. The molecule has 176 valence electrons. The summed E-state index contributed by atoms with van der Waals surface area (Å²) in [4.78, 5) is 13.8. The second-order valence-electron chi connectivity index (χ2n) is 8.10. The summed E-state index contributed by atoms with van der Waals surface area (Å²) in [6.07, 6.45) is 0. The molecule has 1 saturated heterocycles. The van der Waals surface area contributed by atoms with Crippen LogP contribution in [0.1, 0.15) is 0 Å². The maximum absolute atomic E-state index is 15.0. The third-order valence-electron chi connectivity index (χ3n) is 6.14. The molecule has 1 aliphatic heterocycles. The number of rotatable bonds is 5. The molecule has 1 fully saturated rings. The molecule has 2 aromatic heterocycles. The van der Waals surface area contributed by atoms with Gasteiger partial charge < -0.3 is 25.0 Å². The van der Waals surface area contributed by atoms with Crippen molar-refractivity contribution in [1.29, 1.82) is 0 Å². The van der Waals surface area contributed by atoms with Crippen molar-refractivity contribution < 1.29 is 13.9 Å². The standard InChI is InChI=1S/C24H26FN7O2/c1-30-22(26)20-21(18-8-7-17(34-3)14-19(18)25)27-24(28-23(20)29-30)32-11-9-31(10-12-32)15-5-4-6-16(13-15)33-2/h4-8,13-14H,9-12,26H2,1-3H3. The average molecular weight is 464 g/mol. The number of ether oxygens (including phenoxy) is 2. The van der Waals surface area contributed by atoms with Gasteiger partial charge in [-0.2, -0.15) is 10.1 Å². The van der Waals surface area contributed by atoms with E-state index in [-0.39, 0.29) is 0 Å². The molecular weight excluding hydrogens is 437 g/mol. The van der Waals surface area contributed by atoms with Gasteiger partial charge in [0.05, 0.1) is 25.3 Å². The zero-order chi connectivity index (χ0) is 23.8. The first-order valence-corrected chi connectivity index (χ1v) is 11.0. The third-order valence-corrected chi connectivity index (χ3v) is 6.14. The van der Waals surface area contributed by atoms with E-state index in [0.717, 1.165) is 24.5 Å². The zero-order valence-corrected chi connectivity index (χ0v) is 19.3. The van der Waals surface area contributed by atoms with Crippen molar-refractivity contribution in [3.05, 3.63) is 48.3 Å². The minimum absolute atomic E-state index is 0.323. The summed E-state index contributed by atoms with van der Waals surface area (Å²) in [6.45, 7) is 2.97. The first-order chi connectivity index (χ1) is 16.5. The molecule has 1 aliphatic rings. The van der Waals surface area contributed by atoms with Crippen LogP contribution in [0.25, 0.3) is 22.3 Å². The molecule has 2 N–H and O–H groups in total. The second-order valence-corrected chi connectivity index (χ2v) is 8.10. The number of aromatic nitrogens is 4. The largest absolute Gasteiger partial charge is 0.497 e. The van der Waals surface area contributed by atoms with E-state index in [1.807, 2.05) is 18.2 Å². The summed E-state index contributed by atoms with van der Waals surface area (Å²) in [5.74, 6) is 1.69. The predicted octanol–water partition coefficient (Wildman–Crippen LogP) is 3.10. The number of anilines is 3.